The van der Waals surface area contributed by atoms with Crippen LogP contribution in [0.3, 0.4) is 0 Å². The van der Waals surface area contributed by atoms with E-state index in [4.69, 9.17) is 5.26 Å². The summed E-state index contributed by atoms with van der Waals surface area (Å²) < 4.78 is 0. The van der Waals surface area contributed by atoms with Crippen LogP contribution in [-0.4, -0.2) is 24.0 Å². The summed E-state index contributed by atoms with van der Waals surface area (Å²) in [6.07, 6.45) is 4.68. The molecule has 0 aliphatic carbocycles. The summed E-state index contributed by atoms with van der Waals surface area (Å²) in [6, 6.07) is 2.90. The van der Waals surface area contributed by atoms with E-state index in [1.54, 1.807) is 0 Å². The number of likely N-dealkylation sites (tertiary alicyclic amines) is 1. The first kappa shape index (κ1) is 8.55. The fraction of sp³-hybridized carbons (Fsp3) is 0.889. The zero-order valence-electron chi connectivity index (χ0n) is 7.21. The van der Waals surface area contributed by atoms with E-state index in [1.807, 2.05) is 0 Å². The van der Waals surface area contributed by atoms with Crippen molar-refractivity contribution in [3.05, 3.63) is 0 Å². The molecule has 1 aliphatic rings. The fourth-order valence-electron chi connectivity index (χ4n) is 1.68. The zero-order chi connectivity index (χ0) is 8.10. The predicted molar refractivity (Wildman–Crippen MR) is 45.1 cm³/mol. The van der Waals surface area contributed by atoms with Gasteiger partial charge in [0.15, 0.2) is 0 Å². The van der Waals surface area contributed by atoms with Crippen molar-refractivity contribution in [3.8, 4) is 6.07 Å². The number of hydrogen-bond acceptors (Lipinski definition) is 2. The van der Waals surface area contributed by atoms with Gasteiger partial charge >= 0.3 is 0 Å². The maximum atomic E-state index is 8.41. The van der Waals surface area contributed by atoms with Gasteiger partial charge in [-0.25, -0.2) is 0 Å². The molecule has 62 valence electrons. The molecule has 1 fully saturated rings. The standard InChI is InChI=1S/C9H16N2/c1-9-5-2-3-7-11(9)8-4-6-10/h9H,2-5,7-8H2,1H3/t9-/m0/s1. The van der Waals surface area contributed by atoms with E-state index in [-0.39, 0.29) is 0 Å². The molecule has 2 nitrogen and oxygen atoms in total. The lowest BCUT2D eigenvalue weighted by molar-refractivity contribution is 0.164. The van der Waals surface area contributed by atoms with Gasteiger partial charge in [-0.05, 0) is 26.3 Å². The molecule has 0 bridgehead atoms. The predicted octanol–water partition coefficient (Wildman–Crippen LogP) is 1.77. The maximum Gasteiger partial charge on any atom is 0.0635 e. The molecular formula is C9H16N2. The van der Waals surface area contributed by atoms with Crippen LogP contribution in [0.25, 0.3) is 0 Å². The third-order valence-corrected chi connectivity index (χ3v) is 2.45. The van der Waals surface area contributed by atoms with Crippen molar-refractivity contribution in [2.75, 3.05) is 13.1 Å². The summed E-state index contributed by atoms with van der Waals surface area (Å²) in [5.74, 6) is 0. The lowest BCUT2D eigenvalue weighted by atomic mass is 10.0. The summed E-state index contributed by atoms with van der Waals surface area (Å²) in [4.78, 5) is 2.42. The molecule has 1 saturated heterocycles. The van der Waals surface area contributed by atoms with Crippen LogP contribution in [0, 0.1) is 11.3 Å². The van der Waals surface area contributed by atoms with E-state index in [1.165, 1.54) is 25.8 Å². The van der Waals surface area contributed by atoms with Gasteiger partial charge in [0.25, 0.3) is 0 Å². The van der Waals surface area contributed by atoms with Gasteiger partial charge in [0, 0.05) is 19.0 Å². The zero-order valence-corrected chi connectivity index (χ0v) is 7.21. The molecule has 0 saturated carbocycles. The average molecular weight is 152 g/mol. The van der Waals surface area contributed by atoms with Crippen molar-refractivity contribution in [3.63, 3.8) is 0 Å². The number of nitrogens with zero attached hydrogens (tertiary/aromatic N) is 2. The largest absolute Gasteiger partial charge is 0.300 e. The van der Waals surface area contributed by atoms with E-state index in [2.05, 4.69) is 17.9 Å². The highest BCUT2D eigenvalue weighted by Gasteiger charge is 2.16. The molecule has 2 heteroatoms. The molecule has 1 heterocycles. The van der Waals surface area contributed by atoms with Crippen LogP contribution in [-0.2, 0) is 0 Å². The van der Waals surface area contributed by atoms with Crippen molar-refractivity contribution in [2.24, 2.45) is 0 Å². The second kappa shape index (κ2) is 4.35. The lowest BCUT2D eigenvalue weighted by Crippen LogP contribution is -2.37. The Balaban J connectivity index is 2.25. The van der Waals surface area contributed by atoms with Gasteiger partial charge in [0.05, 0.1) is 6.07 Å². The second-order valence-corrected chi connectivity index (χ2v) is 3.29. The number of hydrogen-bond donors (Lipinski definition) is 0. The van der Waals surface area contributed by atoms with Crippen molar-refractivity contribution in [1.29, 1.82) is 5.26 Å². The van der Waals surface area contributed by atoms with E-state index < -0.39 is 0 Å². The summed E-state index contributed by atoms with van der Waals surface area (Å²) >= 11 is 0. The van der Waals surface area contributed by atoms with Gasteiger partial charge < -0.3 is 0 Å². The van der Waals surface area contributed by atoms with Crippen molar-refractivity contribution in [1.82, 2.24) is 4.90 Å². The highest BCUT2D eigenvalue weighted by Crippen LogP contribution is 2.15. The second-order valence-electron chi connectivity index (χ2n) is 3.29. The third kappa shape index (κ3) is 2.51. The molecule has 1 rings (SSSR count). The fourth-order valence-corrected chi connectivity index (χ4v) is 1.68. The quantitative estimate of drug-likeness (QED) is 0.603. The topological polar surface area (TPSA) is 27.0 Å². The molecule has 0 amide bonds. The minimum Gasteiger partial charge on any atom is -0.300 e. The molecule has 0 N–H and O–H groups in total. The molecule has 1 aliphatic heterocycles. The number of nitriles is 1. The van der Waals surface area contributed by atoms with Crippen LogP contribution >= 0.6 is 0 Å². The monoisotopic (exact) mass is 152 g/mol. The average Bonchev–Trinajstić information content (AvgIpc) is 2.03. The van der Waals surface area contributed by atoms with E-state index in [0.717, 1.165) is 6.54 Å². The molecule has 0 radical (unpaired) electrons. The van der Waals surface area contributed by atoms with Crippen LogP contribution in [0.1, 0.15) is 32.6 Å². The molecule has 0 spiro atoms. The SMILES string of the molecule is C[C@H]1CCCCN1CCC#N. The van der Waals surface area contributed by atoms with Crippen molar-refractivity contribution < 1.29 is 0 Å². The van der Waals surface area contributed by atoms with Gasteiger partial charge in [-0.15, -0.1) is 0 Å². The first-order valence-corrected chi connectivity index (χ1v) is 4.45. The molecule has 0 aromatic rings. The van der Waals surface area contributed by atoms with Crippen LogP contribution in [0.5, 0.6) is 0 Å². The minimum atomic E-state index is 0.685. The smallest absolute Gasteiger partial charge is 0.0635 e. The van der Waals surface area contributed by atoms with Gasteiger partial charge in [-0.1, -0.05) is 6.42 Å². The van der Waals surface area contributed by atoms with Crippen LogP contribution in [0.15, 0.2) is 0 Å². The Morgan fingerprint density at radius 1 is 1.55 bits per heavy atom. The number of rotatable bonds is 2. The van der Waals surface area contributed by atoms with Gasteiger partial charge in [0.1, 0.15) is 0 Å². The summed E-state index contributed by atoms with van der Waals surface area (Å²) in [5.41, 5.74) is 0. The highest BCUT2D eigenvalue weighted by atomic mass is 15.1. The van der Waals surface area contributed by atoms with Crippen molar-refractivity contribution >= 4 is 0 Å². The molecular weight excluding hydrogens is 136 g/mol. The normalized spacial score (nSPS) is 26.4. The minimum absolute atomic E-state index is 0.685. The summed E-state index contributed by atoms with van der Waals surface area (Å²) in [5, 5.41) is 8.41. The van der Waals surface area contributed by atoms with Crippen LogP contribution in [0.4, 0.5) is 0 Å². The Kier molecular flexibility index (Phi) is 3.38. The van der Waals surface area contributed by atoms with Crippen LogP contribution < -0.4 is 0 Å². The van der Waals surface area contributed by atoms with E-state index >= 15 is 0 Å². The maximum absolute atomic E-state index is 8.41. The molecule has 0 aromatic heterocycles. The molecule has 11 heavy (non-hydrogen) atoms. The summed E-state index contributed by atoms with van der Waals surface area (Å²) in [7, 11) is 0. The first-order valence-electron chi connectivity index (χ1n) is 4.45. The Bertz CT molecular complexity index is 148. The Labute approximate surface area is 68.8 Å². The van der Waals surface area contributed by atoms with Gasteiger partial charge in [0.2, 0.25) is 0 Å². The van der Waals surface area contributed by atoms with Crippen LogP contribution in [0.2, 0.25) is 0 Å². The van der Waals surface area contributed by atoms with E-state index in [9.17, 15) is 0 Å². The first-order chi connectivity index (χ1) is 5.34. The van der Waals surface area contributed by atoms with Gasteiger partial charge in [-0.2, -0.15) is 5.26 Å². The third-order valence-electron chi connectivity index (χ3n) is 2.45. The Morgan fingerprint density at radius 3 is 3.00 bits per heavy atom. The Morgan fingerprint density at radius 2 is 2.36 bits per heavy atom. The van der Waals surface area contributed by atoms with Gasteiger partial charge in [-0.3, -0.25) is 4.90 Å². The van der Waals surface area contributed by atoms with E-state index in [0.29, 0.717) is 12.5 Å². The summed E-state index contributed by atoms with van der Waals surface area (Å²) in [6.45, 7) is 4.43. The number of piperidine rings is 1. The molecule has 0 unspecified atom stereocenters. The highest BCUT2D eigenvalue weighted by molar-refractivity contribution is 4.77. The van der Waals surface area contributed by atoms with Crippen molar-refractivity contribution in [2.45, 2.75) is 38.6 Å². The Hall–Kier alpha value is -0.550. The lowest BCUT2D eigenvalue weighted by Gasteiger charge is -2.32. The molecule has 0 aromatic carbocycles. The molecule has 1 atom stereocenters.